The van der Waals surface area contributed by atoms with Gasteiger partial charge in [-0.2, -0.15) is 4.98 Å². The van der Waals surface area contributed by atoms with Crippen molar-refractivity contribution in [1.29, 1.82) is 0 Å². The molecule has 0 spiro atoms. The van der Waals surface area contributed by atoms with Crippen LogP contribution in [0.4, 0.5) is 36.0 Å². The SMILES string of the molecule is CCOc1cnc(NC(=O)N(C)[C@H]2CN(c3nccc(NC(=O)OC4CC(N5CCCC5)C4)n3)CCC2(F)F)cn1. The van der Waals surface area contributed by atoms with Gasteiger partial charge in [-0.25, -0.2) is 33.3 Å². The van der Waals surface area contributed by atoms with Crippen molar-refractivity contribution in [2.75, 3.05) is 55.4 Å². The summed E-state index contributed by atoms with van der Waals surface area (Å²) in [5.41, 5.74) is 0. The van der Waals surface area contributed by atoms with Crippen LogP contribution >= 0.6 is 0 Å². The number of likely N-dealkylation sites (tertiary alicyclic amines) is 1. The van der Waals surface area contributed by atoms with E-state index in [4.69, 9.17) is 9.47 Å². The summed E-state index contributed by atoms with van der Waals surface area (Å²) in [7, 11) is 1.29. The van der Waals surface area contributed by atoms with E-state index in [0.717, 1.165) is 30.8 Å². The first-order valence-electron chi connectivity index (χ1n) is 13.9. The molecule has 2 aromatic heterocycles. The van der Waals surface area contributed by atoms with Crippen molar-refractivity contribution in [1.82, 2.24) is 29.7 Å². The predicted molar refractivity (Wildman–Crippen MR) is 145 cm³/mol. The number of alkyl halides is 2. The lowest BCUT2D eigenvalue weighted by Crippen LogP contribution is -2.60. The number of carbonyl (C=O) groups is 2. The minimum absolute atomic E-state index is 0.0306. The Morgan fingerprint density at radius 1 is 1.10 bits per heavy atom. The zero-order chi connectivity index (χ0) is 29.0. The molecule has 1 aliphatic carbocycles. The number of urea groups is 1. The van der Waals surface area contributed by atoms with Crippen LogP contribution in [0.15, 0.2) is 24.7 Å². The van der Waals surface area contributed by atoms with Crippen LogP contribution in [0, 0.1) is 0 Å². The molecule has 3 fully saturated rings. The standard InChI is InChI=1S/C26H35F2N9O4/c1-3-40-22-15-30-21(14-31-22)33-24(38)35(2)19-16-37(11-7-26(19,27)28)23-29-8-6-20(32-23)34-25(39)41-18-12-17(13-18)36-9-4-5-10-36/h6,8,14-15,17-19H,3-5,7,9-13,16H2,1-2H3,(H,30,33,38)(H,29,32,34,39)/t17?,18?,19-/m0/s1. The number of hydrogen-bond acceptors (Lipinski definition) is 10. The second-order valence-corrected chi connectivity index (χ2v) is 10.4. The minimum atomic E-state index is -3.15. The number of anilines is 3. The molecule has 0 unspecified atom stereocenters. The molecule has 2 N–H and O–H groups in total. The molecule has 1 saturated carbocycles. The lowest BCUT2D eigenvalue weighted by molar-refractivity contribution is -0.0760. The molecule has 1 atom stereocenters. The second kappa shape index (κ2) is 12.3. The van der Waals surface area contributed by atoms with Gasteiger partial charge in [0.25, 0.3) is 5.92 Å². The highest BCUT2D eigenvalue weighted by molar-refractivity contribution is 5.88. The highest BCUT2D eigenvalue weighted by Crippen LogP contribution is 2.34. The van der Waals surface area contributed by atoms with E-state index < -0.39 is 30.5 Å². The van der Waals surface area contributed by atoms with Crippen molar-refractivity contribution in [3.8, 4) is 5.88 Å². The number of hydrogen-bond donors (Lipinski definition) is 2. The Morgan fingerprint density at radius 2 is 1.88 bits per heavy atom. The third-order valence-corrected chi connectivity index (χ3v) is 7.70. The van der Waals surface area contributed by atoms with Crippen LogP contribution in [-0.4, -0.2) is 106 Å². The summed E-state index contributed by atoms with van der Waals surface area (Å²) in [6.45, 7) is 4.16. The smallest absolute Gasteiger partial charge is 0.413 e. The summed E-state index contributed by atoms with van der Waals surface area (Å²) in [6, 6.07) is -0.261. The molecule has 2 aliphatic heterocycles. The van der Waals surface area contributed by atoms with E-state index in [9.17, 15) is 18.4 Å². The van der Waals surface area contributed by atoms with E-state index >= 15 is 0 Å². The van der Waals surface area contributed by atoms with Gasteiger partial charge < -0.3 is 24.2 Å². The average Bonchev–Trinajstić information content (AvgIpc) is 3.46. The van der Waals surface area contributed by atoms with Crippen molar-refractivity contribution in [2.45, 2.75) is 63.1 Å². The third-order valence-electron chi connectivity index (χ3n) is 7.70. The zero-order valence-electron chi connectivity index (χ0n) is 23.1. The van der Waals surface area contributed by atoms with Gasteiger partial charge in [0.1, 0.15) is 18.0 Å². The highest BCUT2D eigenvalue weighted by atomic mass is 19.3. The Kier molecular flexibility index (Phi) is 8.61. The van der Waals surface area contributed by atoms with Gasteiger partial charge in [-0.3, -0.25) is 10.6 Å². The maximum absolute atomic E-state index is 15.0. The summed E-state index contributed by atoms with van der Waals surface area (Å²) in [5, 5.41) is 5.10. The van der Waals surface area contributed by atoms with Gasteiger partial charge in [-0.05, 0) is 38.9 Å². The molecule has 15 heteroatoms. The number of likely N-dealkylation sites (N-methyl/N-ethyl adjacent to an activating group) is 1. The fourth-order valence-corrected chi connectivity index (χ4v) is 5.31. The van der Waals surface area contributed by atoms with E-state index in [0.29, 0.717) is 12.6 Å². The molecular weight excluding hydrogens is 540 g/mol. The van der Waals surface area contributed by atoms with E-state index in [1.165, 1.54) is 44.5 Å². The molecule has 4 heterocycles. The number of halogens is 2. The third kappa shape index (κ3) is 6.89. The maximum Gasteiger partial charge on any atom is 0.413 e. The van der Waals surface area contributed by atoms with E-state index in [-0.39, 0.29) is 42.7 Å². The normalized spacial score (nSPS) is 23.8. The number of piperidine rings is 1. The van der Waals surface area contributed by atoms with Crippen molar-refractivity contribution >= 4 is 29.7 Å². The Hall–Kier alpha value is -3.88. The first-order chi connectivity index (χ1) is 19.7. The number of amides is 3. The predicted octanol–water partition coefficient (Wildman–Crippen LogP) is 3.22. The molecule has 3 amide bonds. The monoisotopic (exact) mass is 575 g/mol. The van der Waals surface area contributed by atoms with Gasteiger partial charge in [0.2, 0.25) is 11.8 Å². The van der Waals surface area contributed by atoms with Crippen LogP contribution in [0.3, 0.4) is 0 Å². The first-order valence-corrected chi connectivity index (χ1v) is 13.9. The molecule has 5 rings (SSSR count). The molecule has 2 saturated heterocycles. The van der Waals surface area contributed by atoms with E-state index in [1.807, 2.05) is 0 Å². The highest BCUT2D eigenvalue weighted by Gasteiger charge is 2.48. The van der Waals surface area contributed by atoms with Gasteiger partial charge in [-0.1, -0.05) is 0 Å². The number of ether oxygens (including phenoxy) is 2. The van der Waals surface area contributed by atoms with Crippen LogP contribution in [0.1, 0.15) is 39.0 Å². The summed E-state index contributed by atoms with van der Waals surface area (Å²) < 4.78 is 40.7. The molecule has 41 heavy (non-hydrogen) atoms. The van der Waals surface area contributed by atoms with E-state index in [2.05, 4.69) is 35.5 Å². The van der Waals surface area contributed by atoms with E-state index in [1.54, 1.807) is 11.8 Å². The van der Waals surface area contributed by atoms with Gasteiger partial charge in [-0.15, -0.1) is 0 Å². The van der Waals surface area contributed by atoms with Gasteiger partial charge in [0, 0.05) is 51.6 Å². The van der Waals surface area contributed by atoms with Gasteiger partial charge in [0.15, 0.2) is 5.82 Å². The summed E-state index contributed by atoms with van der Waals surface area (Å²) in [5.74, 6) is -2.41. The molecule has 3 aliphatic rings. The van der Waals surface area contributed by atoms with Gasteiger partial charge in [0.05, 0.1) is 19.0 Å². The lowest BCUT2D eigenvalue weighted by Gasteiger charge is -2.42. The minimum Gasteiger partial charge on any atom is -0.477 e. The van der Waals surface area contributed by atoms with Crippen LogP contribution in [0.25, 0.3) is 0 Å². The molecule has 0 bridgehead atoms. The number of nitrogens with zero attached hydrogens (tertiary/aromatic N) is 7. The van der Waals surface area contributed by atoms with Crippen LogP contribution < -0.4 is 20.3 Å². The largest absolute Gasteiger partial charge is 0.477 e. The summed E-state index contributed by atoms with van der Waals surface area (Å²) in [6.07, 6.45) is 6.87. The van der Waals surface area contributed by atoms with Crippen molar-refractivity contribution in [3.63, 3.8) is 0 Å². The molecular formula is C26H35F2N9O4. The molecule has 222 valence electrons. The van der Waals surface area contributed by atoms with Gasteiger partial charge >= 0.3 is 12.1 Å². The average molecular weight is 576 g/mol. The van der Waals surface area contributed by atoms with Crippen LogP contribution in [0.5, 0.6) is 5.88 Å². The summed E-state index contributed by atoms with van der Waals surface area (Å²) >= 11 is 0. The Balaban J connectivity index is 1.16. The first kappa shape index (κ1) is 28.6. The number of rotatable bonds is 8. The molecule has 0 aromatic carbocycles. The fraction of sp³-hybridized carbons (Fsp3) is 0.615. The second-order valence-electron chi connectivity index (χ2n) is 10.4. The number of carbonyl (C=O) groups excluding carboxylic acids is 2. The van der Waals surface area contributed by atoms with Crippen molar-refractivity contribution in [3.05, 3.63) is 24.7 Å². The van der Waals surface area contributed by atoms with Crippen molar-refractivity contribution in [2.24, 2.45) is 0 Å². The molecule has 0 radical (unpaired) electrons. The Labute approximate surface area is 236 Å². The topological polar surface area (TPSA) is 138 Å². The van der Waals surface area contributed by atoms with Crippen LogP contribution in [0.2, 0.25) is 0 Å². The summed E-state index contributed by atoms with van der Waals surface area (Å²) in [4.78, 5) is 46.8. The number of nitrogens with one attached hydrogen (secondary N) is 2. The quantitative estimate of drug-likeness (QED) is 0.483. The Morgan fingerprint density at radius 3 is 2.59 bits per heavy atom. The fourth-order valence-electron chi connectivity index (χ4n) is 5.31. The zero-order valence-corrected chi connectivity index (χ0v) is 23.1. The lowest BCUT2D eigenvalue weighted by atomic mass is 9.88. The van der Waals surface area contributed by atoms with Crippen LogP contribution in [-0.2, 0) is 4.74 Å². The molecule has 13 nitrogen and oxygen atoms in total. The number of aromatic nitrogens is 4. The molecule has 2 aromatic rings. The van der Waals surface area contributed by atoms with Crippen molar-refractivity contribution < 1.29 is 27.8 Å². The maximum atomic E-state index is 15.0. The Bertz CT molecular complexity index is 1210.